The maximum Gasteiger partial charge on any atom is 0.430 e. The molecule has 1 saturated heterocycles. The van der Waals surface area contributed by atoms with Crippen LogP contribution in [0.1, 0.15) is 17.2 Å². The average molecular weight is 477 g/mol. The lowest BCUT2D eigenvalue weighted by Gasteiger charge is -2.36. The van der Waals surface area contributed by atoms with Crippen molar-refractivity contribution in [2.24, 2.45) is 0 Å². The van der Waals surface area contributed by atoms with Gasteiger partial charge in [0.25, 0.3) is 0 Å². The lowest BCUT2D eigenvalue weighted by atomic mass is 9.98. The summed E-state index contributed by atoms with van der Waals surface area (Å²) < 4.78 is 86.4. The lowest BCUT2D eigenvalue weighted by Crippen LogP contribution is -2.53. The summed E-state index contributed by atoms with van der Waals surface area (Å²) in [6.45, 7) is 0.535. The van der Waals surface area contributed by atoms with Crippen molar-refractivity contribution in [3.63, 3.8) is 0 Å². The summed E-state index contributed by atoms with van der Waals surface area (Å²) in [6, 6.07) is 1.90. The number of cyclic esters (lactones) is 1. The number of pyridine rings is 2. The second-order valence-electron chi connectivity index (χ2n) is 7.40. The standard InChI is InChI=1S/C19H17F6N5O3/c20-18(21,22)9-5-12(28-13(6-9)30-4-3-26-7-10(30)8-31)11-1-2-27-16-14(11)15(19(23,24)25)33-17(32)29-16/h1-2,5-6,10,15,26,31H,3-4,7-8H2,(H,27,29,32)/t10-,15-/m1/s1. The summed E-state index contributed by atoms with van der Waals surface area (Å²) in [7, 11) is 0. The van der Waals surface area contributed by atoms with E-state index in [0.717, 1.165) is 18.3 Å². The first-order valence-corrected chi connectivity index (χ1v) is 9.70. The SMILES string of the molecule is O=C1Nc2nccc(-c3cc(C(F)(F)F)cc(N4CCNC[C@@H]4CO)n3)c2[C@H](C(F)(F)F)O1. The molecule has 4 heterocycles. The van der Waals surface area contributed by atoms with Crippen molar-refractivity contribution in [3.05, 3.63) is 35.5 Å². The number of rotatable bonds is 3. The molecule has 0 bridgehead atoms. The normalized spacial score (nSPS) is 21.3. The lowest BCUT2D eigenvalue weighted by molar-refractivity contribution is -0.206. The third kappa shape index (κ3) is 4.53. The van der Waals surface area contributed by atoms with Gasteiger partial charge < -0.3 is 20.1 Å². The topological polar surface area (TPSA) is 99.6 Å². The number of halogens is 6. The highest BCUT2D eigenvalue weighted by Crippen LogP contribution is 2.46. The molecule has 1 fully saturated rings. The van der Waals surface area contributed by atoms with E-state index in [-0.39, 0.29) is 31.1 Å². The minimum Gasteiger partial charge on any atom is -0.431 e. The molecule has 14 heteroatoms. The summed E-state index contributed by atoms with van der Waals surface area (Å²) in [4.78, 5) is 21.0. The van der Waals surface area contributed by atoms with Gasteiger partial charge in [-0.25, -0.2) is 14.8 Å². The van der Waals surface area contributed by atoms with Crippen molar-refractivity contribution in [2.75, 3.05) is 36.5 Å². The van der Waals surface area contributed by atoms with Crippen molar-refractivity contribution in [1.82, 2.24) is 15.3 Å². The molecule has 2 aliphatic rings. The van der Waals surface area contributed by atoms with Crippen LogP contribution in [0.5, 0.6) is 0 Å². The van der Waals surface area contributed by atoms with Gasteiger partial charge in [0.1, 0.15) is 11.6 Å². The van der Waals surface area contributed by atoms with Crippen LogP contribution in [0.4, 0.5) is 42.8 Å². The molecular formula is C19H17F6N5O3. The van der Waals surface area contributed by atoms with Gasteiger partial charge in [-0.05, 0) is 18.2 Å². The maximum absolute atomic E-state index is 13.7. The number of aromatic nitrogens is 2. The molecule has 1 amide bonds. The summed E-state index contributed by atoms with van der Waals surface area (Å²) in [5, 5.41) is 14.7. The number of carbonyl (C=O) groups is 1. The largest absolute Gasteiger partial charge is 0.431 e. The summed E-state index contributed by atoms with van der Waals surface area (Å²) in [5.41, 5.74) is -2.53. The summed E-state index contributed by atoms with van der Waals surface area (Å²) >= 11 is 0. The quantitative estimate of drug-likeness (QED) is 0.585. The molecule has 2 atom stereocenters. The van der Waals surface area contributed by atoms with Crippen molar-refractivity contribution in [2.45, 2.75) is 24.5 Å². The van der Waals surface area contributed by atoms with Gasteiger partial charge in [-0.2, -0.15) is 26.3 Å². The second-order valence-corrected chi connectivity index (χ2v) is 7.40. The number of ether oxygens (including phenoxy) is 1. The predicted octanol–water partition coefficient (Wildman–Crippen LogP) is 3.10. The van der Waals surface area contributed by atoms with E-state index in [1.807, 2.05) is 5.32 Å². The van der Waals surface area contributed by atoms with Crippen molar-refractivity contribution < 1.29 is 41.0 Å². The first-order chi connectivity index (χ1) is 15.5. The smallest absolute Gasteiger partial charge is 0.430 e. The van der Waals surface area contributed by atoms with Crippen LogP contribution in [-0.2, 0) is 10.9 Å². The van der Waals surface area contributed by atoms with E-state index >= 15 is 0 Å². The number of aliphatic hydroxyl groups is 1. The van der Waals surface area contributed by atoms with Crippen LogP contribution in [-0.4, -0.2) is 59.6 Å². The number of alkyl halides is 6. The van der Waals surface area contributed by atoms with E-state index < -0.39 is 53.2 Å². The molecule has 0 spiro atoms. The molecule has 0 aromatic carbocycles. The van der Waals surface area contributed by atoms with Gasteiger partial charge in [0.2, 0.25) is 6.10 Å². The third-order valence-corrected chi connectivity index (χ3v) is 5.27. The molecule has 2 aromatic heterocycles. The zero-order chi connectivity index (χ0) is 24.0. The fourth-order valence-electron chi connectivity index (χ4n) is 3.77. The summed E-state index contributed by atoms with van der Waals surface area (Å²) in [6.07, 6.45) is -12.9. The van der Waals surface area contributed by atoms with E-state index in [9.17, 15) is 36.2 Å². The van der Waals surface area contributed by atoms with Gasteiger partial charge >= 0.3 is 18.4 Å². The number of anilines is 2. The Balaban J connectivity index is 1.91. The molecule has 0 saturated carbocycles. The van der Waals surface area contributed by atoms with Crippen molar-refractivity contribution in [3.8, 4) is 11.3 Å². The van der Waals surface area contributed by atoms with Crippen LogP contribution in [0.15, 0.2) is 24.4 Å². The number of hydrogen-bond donors (Lipinski definition) is 3. The van der Waals surface area contributed by atoms with Crippen LogP contribution in [0.3, 0.4) is 0 Å². The van der Waals surface area contributed by atoms with E-state index in [0.29, 0.717) is 12.6 Å². The number of piperazine rings is 1. The minimum absolute atomic E-state index is 0.157. The average Bonchev–Trinajstić information content (AvgIpc) is 2.76. The highest BCUT2D eigenvalue weighted by molar-refractivity contribution is 5.89. The highest BCUT2D eigenvalue weighted by atomic mass is 19.4. The number of carbonyl (C=O) groups excluding carboxylic acids is 1. The zero-order valence-corrected chi connectivity index (χ0v) is 16.7. The van der Waals surface area contributed by atoms with Gasteiger partial charge in [0, 0.05) is 31.4 Å². The fraction of sp³-hybridized carbons (Fsp3) is 0.421. The molecule has 4 rings (SSSR count). The number of aliphatic hydroxyl groups excluding tert-OH is 1. The van der Waals surface area contributed by atoms with E-state index in [1.54, 1.807) is 0 Å². The van der Waals surface area contributed by atoms with Gasteiger partial charge in [-0.15, -0.1) is 0 Å². The Hall–Kier alpha value is -3.13. The fourth-order valence-corrected chi connectivity index (χ4v) is 3.77. The van der Waals surface area contributed by atoms with Gasteiger partial charge in [0.05, 0.1) is 29.5 Å². The molecule has 0 aliphatic carbocycles. The number of hydrogen-bond acceptors (Lipinski definition) is 7. The Morgan fingerprint density at radius 1 is 1.21 bits per heavy atom. The first kappa shape index (κ1) is 23.0. The molecule has 33 heavy (non-hydrogen) atoms. The Morgan fingerprint density at radius 2 is 1.97 bits per heavy atom. The Bertz CT molecular complexity index is 1060. The monoisotopic (exact) mass is 477 g/mol. The van der Waals surface area contributed by atoms with E-state index in [2.05, 4.69) is 20.0 Å². The molecular weight excluding hydrogens is 460 g/mol. The van der Waals surface area contributed by atoms with E-state index in [1.165, 1.54) is 4.90 Å². The molecule has 2 aromatic rings. The van der Waals surface area contributed by atoms with Crippen LogP contribution >= 0.6 is 0 Å². The Kier molecular flexibility index (Phi) is 5.82. The molecule has 3 N–H and O–H groups in total. The minimum atomic E-state index is -5.05. The second kappa shape index (κ2) is 8.33. The molecule has 178 valence electrons. The number of amides is 1. The molecule has 0 radical (unpaired) electrons. The van der Waals surface area contributed by atoms with Gasteiger partial charge in [0.15, 0.2) is 0 Å². The zero-order valence-electron chi connectivity index (χ0n) is 16.7. The van der Waals surface area contributed by atoms with Crippen LogP contribution in [0.25, 0.3) is 11.3 Å². The highest BCUT2D eigenvalue weighted by Gasteiger charge is 2.49. The number of nitrogens with zero attached hydrogens (tertiary/aromatic N) is 3. The van der Waals surface area contributed by atoms with E-state index in [4.69, 9.17) is 0 Å². The van der Waals surface area contributed by atoms with Gasteiger partial charge in [-0.1, -0.05) is 0 Å². The number of nitrogens with one attached hydrogen (secondary N) is 2. The van der Waals surface area contributed by atoms with Crippen molar-refractivity contribution >= 4 is 17.7 Å². The maximum atomic E-state index is 13.7. The van der Waals surface area contributed by atoms with Crippen LogP contribution < -0.4 is 15.5 Å². The molecule has 0 unspecified atom stereocenters. The first-order valence-electron chi connectivity index (χ1n) is 9.70. The summed E-state index contributed by atoms with van der Waals surface area (Å²) in [5.74, 6) is -0.641. The molecule has 2 aliphatic heterocycles. The third-order valence-electron chi connectivity index (χ3n) is 5.27. The van der Waals surface area contributed by atoms with Gasteiger partial charge in [-0.3, -0.25) is 5.32 Å². The predicted molar refractivity (Wildman–Crippen MR) is 102 cm³/mol. The van der Waals surface area contributed by atoms with Crippen LogP contribution in [0.2, 0.25) is 0 Å². The van der Waals surface area contributed by atoms with Crippen molar-refractivity contribution in [1.29, 1.82) is 0 Å². The van der Waals surface area contributed by atoms with Crippen LogP contribution in [0, 0.1) is 0 Å². The Labute approximate surface area is 182 Å². The Morgan fingerprint density at radius 3 is 2.64 bits per heavy atom. The number of fused-ring (bicyclic) bond motifs is 1. The molecule has 8 nitrogen and oxygen atoms in total.